The molecule has 10 nitrogen and oxygen atoms in total. The molecule has 31 heavy (non-hydrogen) atoms. The SMILES string of the molecule is CNc1cccc(-n2nnc([C@H]3CCCN3c3nnc(-c4ccnc(C)c4)n3C)n2)c1. The molecule has 1 aromatic carbocycles. The Kier molecular flexibility index (Phi) is 4.81. The van der Waals surface area contributed by atoms with Crippen LogP contribution in [0.2, 0.25) is 0 Å². The van der Waals surface area contributed by atoms with Gasteiger partial charge in [-0.15, -0.1) is 25.2 Å². The molecule has 4 aromatic rings. The Morgan fingerprint density at radius 2 is 2.00 bits per heavy atom. The molecule has 1 N–H and O–H groups in total. The second-order valence-corrected chi connectivity index (χ2v) is 7.66. The van der Waals surface area contributed by atoms with Crippen molar-refractivity contribution in [3.63, 3.8) is 0 Å². The fourth-order valence-corrected chi connectivity index (χ4v) is 4.04. The first-order chi connectivity index (χ1) is 15.1. The Balaban J connectivity index is 1.44. The van der Waals surface area contributed by atoms with Crippen molar-refractivity contribution in [3.8, 4) is 17.1 Å². The Bertz CT molecular complexity index is 1210. The summed E-state index contributed by atoms with van der Waals surface area (Å²) in [6, 6.07) is 11.9. The number of nitrogens with one attached hydrogen (secondary N) is 1. The maximum atomic E-state index is 4.68. The Morgan fingerprint density at radius 1 is 1.10 bits per heavy atom. The van der Waals surface area contributed by atoms with Gasteiger partial charge in [-0.3, -0.25) is 9.55 Å². The Morgan fingerprint density at radius 3 is 2.84 bits per heavy atom. The summed E-state index contributed by atoms with van der Waals surface area (Å²) in [6.07, 6.45) is 3.77. The van der Waals surface area contributed by atoms with Crippen molar-refractivity contribution in [2.75, 3.05) is 23.8 Å². The predicted octanol–water partition coefficient (Wildman–Crippen LogP) is 2.54. The van der Waals surface area contributed by atoms with Crippen LogP contribution in [0.4, 0.5) is 11.6 Å². The van der Waals surface area contributed by atoms with Gasteiger partial charge in [-0.25, -0.2) is 0 Å². The fourth-order valence-electron chi connectivity index (χ4n) is 4.04. The lowest BCUT2D eigenvalue weighted by molar-refractivity contribution is 0.639. The van der Waals surface area contributed by atoms with Crippen LogP contribution in [0.1, 0.15) is 30.4 Å². The lowest BCUT2D eigenvalue weighted by Crippen LogP contribution is -2.26. The molecule has 0 bridgehead atoms. The number of aromatic nitrogens is 8. The van der Waals surface area contributed by atoms with E-state index in [9.17, 15) is 0 Å². The summed E-state index contributed by atoms with van der Waals surface area (Å²) in [7, 11) is 3.88. The molecule has 158 valence electrons. The molecule has 0 spiro atoms. The second-order valence-electron chi connectivity index (χ2n) is 7.66. The molecule has 0 saturated carbocycles. The van der Waals surface area contributed by atoms with Crippen molar-refractivity contribution in [1.82, 2.24) is 40.0 Å². The van der Waals surface area contributed by atoms with Crippen LogP contribution >= 0.6 is 0 Å². The van der Waals surface area contributed by atoms with Gasteiger partial charge in [0.2, 0.25) is 5.95 Å². The Labute approximate surface area is 179 Å². The normalized spacial score (nSPS) is 16.1. The second kappa shape index (κ2) is 7.78. The lowest BCUT2D eigenvalue weighted by atomic mass is 10.2. The summed E-state index contributed by atoms with van der Waals surface area (Å²) < 4.78 is 2.02. The minimum absolute atomic E-state index is 0.0103. The minimum atomic E-state index is 0.0103. The Hall–Kier alpha value is -3.82. The molecular weight excluding hydrogens is 392 g/mol. The number of hydrogen-bond donors (Lipinski definition) is 1. The average molecular weight is 416 g/mol. The van der Waals surface area contributed by atoms with Crippen LogP contribution in [-0.2, 0) is 7.05 Å². The van der Waals surface area contributed by atoms with Crippen molar-refractivity contribution in [1.29, 1.82) is 0 Å². The van der Waals surface area contributed by atoms with E-state index in [0.29, 0.717) is 5.82 Å². The maximum Gasteiger partial charge on any atom is 0.227 e. The average Bonchev–Trinajstić information content (AvgIpc) is 3.53. The van der Waals surface area contributed by atoms with Crippen LogP contribution in [0.3, 0.4) is 0 Å². The summed E-state index contributed by atoms with van der Waals surface area (Å²) in [6.45, 7) is 2.84. The zero-order valence-corrected chi connectivity index (χ0v) is 17.8. The summed E-state index contributed by atoms with van der Waals surface area (Å²) in [5, 5.41) is 25.4. The highest BCUT2D eigenvalue weighted by atomic mass is 15.6. The third kappa shape index (κ3) is 3.49. The zero-order valence-electron chi connectivity index (χ0n) is 17.8. The highest BCUT2D eigenvalue weighted by molar-refractivity contribution is 5.58. The lowest BCUT2D eigenvalue weighted by Gasteiger charge is -2.22. The number of tetrazole rings is 1. The van der Waals surface area contributed by atoms with Crippen LogP contribution in [-0.4, -0.2) is 53.5 Å². The van der Waals surface area contributed by atoms with Gasteiger partial charge in [0, 0.05) is 43.8 Å². The molecule has 1 aliphatic heterocycles. The smallest absolute Gasteiger partial charge is 0.227 e. The van der Waals surface area contributed by atoms with Gasteiger partial charge >= 0.3 is 0 Å². The third-order valence-electron chi connectivity index (χ3n) is 5.61. The third-order valence-corrected chi connectivity index (χ3v) is 5.61. The van der Waals surface area contributed by atoms with E-state index < -0.39 is 0 Å². The topological polar surface area (TPSA) is 102 Å². The zero-order chi connectivity index (χ0) is 21.4. The maximum absolute atomic E-state index is 4.68. The number of nitrogens with zero attached hydrogens (tertiary/aromatic N) is 9. The van der Waals surface area contributed by atoms with Crippen LogP contribution in [0.25, 0.3) is 17.1 Å². The van der Waals surface area contributed by atoms with Crippen molar-refractivity contribution in [2.45, 2.75) is 25.8 Å². The first-order valence-corrected chi connectivity index (χ1v) is 10.3. The summed E-state index contributed by atoms with van der Waals surface area (Å²) in [4.78, 5) is 8.07. The van der Waals surface area contributed by atoms with Crippen LogP contribution in [0.15, 0.2) is 42.6 Å². The molecule has 4 heterocycles. The highest BCUT2D eigenvalue weighted by Crippen LogP contribution is 2.34. The van der Waals surface area contributed by atoms with Gasteiger partial charge in [-0.05, 0) is 55.3 Å². The van der Waals surface area contributed by atoms with E-state index >= 15 is 0 Å². The van der Waals surface area contributed by atoms with Gasteiger partial charge in [0.1, 0.15) is 0 Å². The molecule has 5 rings (SSSR count). The van der Waals surface area contributed by atoms with E-state index in [1.165, 1.54) is 0 Å². The molecule has 0 amide bonds. The standard InChI is InChI=1S/C21H24N10/c1-14-12-15(9-10-23-14)20-25-26-21(29(20)3)30-11-5-8-18(30)19-24-28-31(27-19)17-7-4-6-16(13-17)22-2/h4,6-7,9-10,12-13,18,22H,5,8,11H2,1-3H3/t18-/m1/s1. The molecule has 1 saturated heterocycles. The summed E-state index contributed by atoms with van der Waals surface area (Å²) in [5.74, 6) is 2.31. The largest absolute Gasteiger partial charge is 0.388 e. The van der Waals surface area contributed by atoms with Gasteiger partial charge in [0.25, 0.3) is 0 Å². The minimum Gasteiger partial charge on any atom is -0.388 e. The van der Waals surface area contributed by atoms with Crippen LogP contribution in [0.5, 0.6) is 0 Å². The first kappa shape index (κ1) is 19.2. The van der Waals surface area contributed by atoms with Crippen LogP contribution in [0, 0.1) is 6.92 Å². The number of aryl methyl sites for hydroxylation is 1. The molecule has 1 aliphatic rings. The van der Waals surface area contributed by atoms with Crippen LogP contribution < -0.4 is 10.2 Å². The van der Waals surface area contributed by atoms with Crippen molar-refractivity contribution in [3.05, 3.63) is 54.1 Å². The van der Waals surface area contributed by atoms with Crippen molar-refractivity contribution >= 4 is 11.6 Å². The van der Waals surface area contributed by atoms with E-state index in [-0.39, 0.29) is 6.04 Å². The molecule has 10 heteroatoms. The molecule has 0 unspecified atom stereocenters. The molecule has 1 atom stereocenters. The van der Waals surface area contributed by atoms with Crippen molar-refractivity contribution < 1.29 is 0 Å². The van der Waals surface area contributed by atoms with Gasteiger partial charge in [-0.2, -0.15) is 0 Å². The van der Waals surface area contributed by atoms with E-state index in [2.05, 4.69) is 40.8 Å². The molecule has 1 fully saturated rings. The summed E-state index contributed by atoms with van der Waals surface area (Å²) in [5.41, 5.74) is 3.81. The first-order valence-electron chi connectivity index (χ1n) is 10.3. The number of rotatable bonds is 5. The van der Waals surface area contributed by atoms with Gasteiger partial charge < -0.3 is 10.2 Å². The summed E-state index contributed by atoms with van der Waals surface area (Å²) >= 11 is 0. The van der Waals surface area contributed by atoms with E-state index in [0.717, 1.165) is 53.8 Å². The number of anilines is 2. The van der Waals surface area contributed by atoms with Gasteiger partial charge in [-0.1, -0.05) is 6.07 Å². The fraction of sp³-hybridized carbons (Fsp3) is 0.333. The predicted molar refractivity (Wildman–Crippen MR) is 117 cm³/mol. The van der Waals surface area contributed by atoms with E-state index in [4.69, 9.17) is 0 Å². The molecule has 0 radical (unpaired) electrons. The van der Waals surface area contributed by atoms with Gasteiger partial charge in [0.05, 0.1) is 11.7 Å². The monoisotopic (exact) mass is 416 g/mol. The number of hydrogen-bond acceptors (Lipinski definition) is 8. The number of pyridine rings is 1. The van der Waals surface area contributed by atoms with E-state index in [1.54, 1.807) is 11.0 Å². The van der Waals surface area contributed by atoms with E-state index in [1.807, 2.05) is 62.0 Å². The van der Waals surface area contributed by atoms with Crippen molar-refractivity contribution in [2.24, 2.45) is 7.05 Å². The molecular formula is C21H24N10. The van der Waals surface area contributed by atoms with Gasteiger partial charge in [0.15, 0.2) is 11.6 Å². The molecule has 0 aliphatic carbocycles. The quantitative estimate of drug-likeness (QED) is 0.530. The number of benzene rings is 1. The molecule has 3 aromatic heterocycles. The highest BCUT2D eigenvalue weighted by Gasteiger charge is 2.33.